The van der Waals surface area contributed by atoms with Crippen LogP contribution in [0.1, 0.15) is 19.4 Å². The molecule has 1 aromatic rings. The van der Waals surface area contributed by atoms with E-state index >= 15 is 0 Å². The molecule has 0 aliphatic carbocycles. The van der Waals surface area contributed by atoms with Gasteiger partial charge in [-0.05, 0) is 35.8 Å². The molecule has 1 rings (SSSR count). The van der Waals surface area contributed by atoms with Gasteiger partial charge in [0.25, 0.3) is 0 Å². The van der Waals surface area contributed by atoms with E-state index in [9.17, 15) is 0 Å². The summed E-state index contributed by atoms with van der Waals surface area (Å²) in [6.45, 7) is 4.43. The average molecular weight is 292 g/mol. The number of hydrogen-bond donors (Lipinski definition) is 1. The van der Waals surface area contributed by atoms with Crippen LogP contribution in [0.3, 0.4) is 0 Å². The summed E-state index contributed by atoms with van der Waals surface area (Å²) in [5.74, 6) is 2.84. The molecule has 96 valence electrons. The van der Waals surface area contributed by atoms with Crippen molar-refractivity contribution < 1.29 is 0 Å². The largest absolute Gasteiger partial charge is 0.327 e. The fourth-order valence-corrected chi connectivity index (χ4v) is 3.00. The van der Waals surface area contributed by atoms with Crippen molar-refractivity contribution in [3.63, 3.8) is 0 Å². The van der Waals surface area contributed by atoms with Gasteiger partial charge in [0.15, 0.2) is 0 Å². The fourth-order valence-electron chi connectivity index (χ4n) is 1.48. The molecule has 17 heavy (non-hydrogen) atoms. The molecule has 4 heteroatoms. The first-order valence-electron chi connectivity index (χ1n) is 5.76. The minimum absolute atomic E-state index is 0.150. The molecule has 0 amide bonds. The van der Waals surface area contributed by atoms with Crippen LogP contribution in [0.5, 0.6) is 0 Å². The van der Waals surface area contributed by atoms with Crippen LogP contribution in [0, 0.1) is 5.92 Å². The van der Waals surface area contributed by atoms with Gasteiger partial charge in [0.2, 0.25) is 0 Å². The predicted molar refractivity (Wildman–Crippen MR) is 80.3 cm³/mol. The van der Waals surface area contributed by atoms with Crippen LogP contribution >= 0.6 is 35.0 Å². The maximum Gasteiger partial charge on any atom is 0.0453 e. The SMILES string of the molecule is CC(C)CSCC(N)Cc1ccc(Cl)cc1Cl. The zero-order valence-corrected chi connectivity index (χ0v) is 12.6. The molecule has 0 aliphatic heterocycles. The lowest BCUT2D eigenvalue weighted by Gasteiger charge is -2.13. The summed E-state index contributed by atoms with van der Waals surface area (Å²) in [6, 6.07) is 5.73. The van der Waals surface area contributed by atoms with Gasteiger partial charge in [0.1, 0.15) is 0 Å². The molecule has 1 unspecified atom stereocenters. The number of rotatable bonds is 6. The van der Waals surface area contributed by atoms with Crippen LogP contribution in [0.4, 0.5) is 0 Å². The lowest BCUT2D eigenvalue weighted by molar-refractivity contribution is 0.732. The van der Waals surface area contributed by atoms with E-state index in [1.807, 2.05) is 23.9 Å². The Balaban J connectivity index is 2.42. The summed E-state index contributed by atoms with van der Waals surface area (Å²) >= 11 is 13.9. The molecule has 1 nitrogen and oxygen atoms in total. The third-order valence-corrected chi connectivity index (χ3v) is 4.43. The van der Waals surface area contributed by atoms with Gasteiger partial charge >= 0.3 is 0 Å². The first kappa shape index (κ1) is 15.2. The van der Waals surface area contributed by atoms with Crippen molar-refractivity contribution in [1.29, 1.82) is 0 Å². The molecular weight excluding hydrogens is 273 g/mol. The van der Waals surface area contributed by atoms with E-state index in [4.69, 9.17) is 28.9 Å². The highest BCUT2D eigenvalue weighted by molar-refractivity contribution is 7.99. The second-order valence-corrected chi connectivity index (χ2v) is 6.55. The van der Waals surface area contributed by atoms with Gasteiger partial charge in [-0.3, -0.25) is 0 Å². The average Bonchev–Trinajstić information content (AvgIpc) is 2.21. The van der Waals surface area contributed by atoms with Crippen LogP contribution in [0.15, 0.2) is 18.2 Å². The van der Waals surface area contributed by atoms with Crippen molar-refractivity contribution in [3.05, 3.63) is 33.8 Å². The Hall–Kier alpha value is 0.110. The third kappa shape index (κ3) is 6.01. The van der Waals surface area contributed by atoms with Gasteiger partial charge in [-0.1, -0.05) is 43.1 Å². The standard InChI is InChI=1S/C13H19Cl2NS/c1-9(2)7-17-8-12(16)5-10-3-4-11(14)6-13(10)15/h3-4,6,9,12H,5,7-8,16H2,1-2H3. The third-order valence-electron chi connectivity index (χ3n) is 2.28. The van der Waals surface area contributed by atoms with Crippen molar-refractivity contribution >= 4 is 35.0 Å². The molecule has 2 N–H and O–H groups in total. The highest BCUT2D eigenvalue weighted by atomic mass is 35.5. The maximum absolute atomic E-state index is 6.11. The number of halogens is 2. The zero-order valence-electron chi connectivity index (χ0n) is 10.2. The van der Waals surface area contributed by atoms with E-state index < -0.39 is 0 Å². The van der Waals surface area contributed by atoms with Gasteiger partial charge in [-0.25, -0.2) is 0 Å². The van der Waals surface area contributed by atoms with E-state index in [1.165, 1.54) is 0 Å². The van der Waals surface area contributed by atoms with Gasteiger partial charge in [0, 0.05) is 21.8 Å². The molecule has 0 aliphatic rings. The molecule has 1 atom stereocenters. The van der Waals surface area contributed by atoms with Crippen molar-refractivity contribution in [2.75, 3.05) is 11.5 Å². The number of hydrogen-bond acceptors (Lipinski definition) is 2. The lowest BCUT2D eigenvalue weighted by Crippen LogP contribution is -2.26. The Kier molecular flexibility index (Phi) is 6.71. The first-order chi connectivity index (χ1) is 7.99. The van der Waals surface area contributed by atoms with Crippen LogP contribution in [-0.4, -0.2) is 17.5 Å². The van der Waals surface area contributed by atoms with E-state index in [0.717, 1.165) is 23.5 Å². The van der Waals surface area contributed by atoms with Gasteiger partial charge < -0.3 is 5.73 Å². The smallest absolute Gasteiger partial charge is 0.0453 e. The Bertz CT molecular complexity index is 355. The Morgan fingerprint density at radius 2 is 1.94 bits per heavy atom. The normalized spacial score (nSPS) is 13.1. The zero-order chi connectivity index (χ0) is 12.8. The topological polar surface area (TPSA) is 26.0 Å². The number of thioether (sulfide) groups is 1. The molecule has 0 bridgehead atoms. The summed E-state index contributed by atoms with van der Waals surface area (Å²) in [5, 5.41) is 1.38. The molecule has 0 saturated heterocycles. The van der Waals surface area contributed by atoms with E-state index in [2.05, 4.69) is 13.8 Å². The lowest BCUT2D eigenvalue weighted by atomic mass is 10.1. The molecule has 0 saturated carbocycles. The van der Waals surface area contributed by atoms with E-state index in [1.54, 1.807) is 6.07 Å². The molecule has 0 fully saturated rings. The maximum atomic E-state index is 6.11. The first-order valence-corrected chi connectivity index (χ1v) is 7.67. The molecule has 0 spiro atoms. The second-order valence-electron chi connectivity index (χ2n) is 4.63. The van der Waals surface area contributed by atoms with Crippen LogP contribution in [-0.2, 0) is 6.42 Å². The van der Waals surface area contributed by atoms with Gasteiger partial charge in [0.05, 0.1) is 0 Å². The Morgan fingerprint density at radius 1 is 1.24 bits per heavy atom. The van der Waals surface area contributed by atoms with Crippen LogP contribution < -0.4 is 5.73 Å². The summed E-state index contributed by atoms with van der Waals surface area (Å²) in [4.78, 5) is 0. The van der Waals surface area contributed by atoms with Gasteiger partial charge in [-0.2, -0.15) is 11.8 Å². The minimum Gasteiger partial charge on any atom is -0.327 e. The summed E-state index contributed by atoms with van der Waals surface area (Å²) in [7, 11) is 0. The van der Waals surface area contributed by atoms with Crippen molar-refractivity contribution in [2.45, 2.75) is 26.3 Å². The highest BCUT2D eigenvalue weighted by Crippen LogP contribution is 2.22. The monoisotopic (exact) mass is 291 g/mol. The van der Waals surface area contributed by atoms with Crippen molar-refractivity contribution in [2.24, 2.45) is 11.7 Å². The van der Waals surface area contributed by atoms with Crippen LogP contribution in [0.2, 0.25) is 10.0 Å². The summed E-state index contributed by atoms with van der Waals surface area (Å²) in [5.41, 5.74) is 7.16. The van der Waals surface area contributed by atoms with Crippen molar-refractivity contribution in [1.82, 2.24) is 0 Å². The fraction of sp³-hybridized carbons (Fsp3) is 0.538. The van der Waals surface area contributed by atoms with E-state index in [-0.39, 0.29) is 6.04 Å². The van der Waals surface area contributed by atoms with Crippen molar-refractivity contribution in [3.8, 4) is 0 Å². The Morgan fingerprint density at radius 3 is 2.53 bits per heavy atom. The molecule has 0 heterocycles. The molecule has 0 aromatic heterocycles. The predicted octanol–water partition coefficient (Wildman–Crippen LogP) is 4.25. The minimum atomic E-state index is 0.150. The molecule has 0 radical (unpaired) electrons. The summed E-state index contributed by atoms with van der Waals surface area (Å²) in [6.07, 6.45) is 0.807. The van der Waals surface area contributed by atoms with E-state index in [0.29, 0.717) is 16.0 Å². The molecular formula is C13H19Cl2NS. The molecule has 1 aromatic carbocycles. The number of nitrogens with two attached hydrogens (primary N) is 1. The number of benzene rings is 1. The Labute approximate surface area is 118 Å². The summed E-state index contributed by atoms with van der Waals surface area (Å²) < 4.78 is 0. The second kappa shape index (κ2) is 7.52. The van der Waals surface area contributed by atoms with Crippen LogP contribution in [0.25, 0.3) is 0 Å². The van der Waals surface area contributed by atoms with Gasteiger partial charge in [-0.15, -0.1) is 0 Å². The quantitative estimate of drug-likeness (QED) is 0.848. The highest BCUT2D eigenvalue weighted by Gasteiger charge is 2.08.